The molecule has 0 aliphatic heterocycles. The summed E-state index contributed by atoms with van der Waals surface area (Å²) in [5.41, 5.74) is 1.18. The average molecular weight is 146 g/mol. The van der Waals surface area contributed by atoms with Crippen molar-refractivity contribution in [2.24, 2.45) is 0 Å². The smallest absolute Gasteiger partial charge is 0.0628 e. The predicted molar refractivity (Wildman–Crippen MR) is 42.9 cm³/mol. The fourth-order valence-electron chi connectivity index (χ4n) is 0.947. The molecule has 11 heavy (non-hydrogen) atoms. The molecule has 0 aromatic carbocycles. The number of pyridine rings is 1. The lowest BCUT2D eigenvalue weighted by Crippen LogP contribution is -1.90. The van der Waals surface area contributed by atoms with E-state index in [-0.39, 0.29) is 0 Å². The third kappa shape index (κ3) is 2.05. The van der Waals surface area contributed by atoms with Crippen LogP contribution in [0, 0.1) is 11.3 Å². The van der Waals surface area contributed by atoms with Gasteiger partial charge in [-0.05, 0) is 23.6 Å². The lowest BCUT2D eigenvalue weighted by Gasteiger charge is -2.04. The van der Waals surface area contributed by atoms with Crippen LogP contribution in [-0.4, -0.2) is 4.98 Å². The van der Waals surface area contributed by atoms with Gasteiger partial charge in [0.2, 0.25) is 0 Å². The molecule has 2 heteroatoms. The van der Waals surface area contributed by atoms with E-state index >= 15 is 0 Å². The van der Waals surface area contributed by atoms with Gasteiger partial charge in [-0.1, -0.05) is 6.92 Å². The molecule has 1 heterocycles. The molecular formula is C9H10N2. The molecule has 1 atom stereocenters. The van der Waals surface area contributed by atoms with Crippen LogP contribution in [0.5, 0.6) is 0 Å². The Morgan fingerprint density at radius 1 is 1.55 bits per heavy atom. The fraction of sp³-hybridized carbons (Fsp3) is 0.333. The van der Waals surface area contributed by atoms with E-state index in [0.29, 0.717) is 12.3 Å². The van der Waals surface area contributed by atoms with Crippen LogP contribution in [0.4, 0.5) is 0 Å². The normalized spacial score (nSPS) is 12.0. The summed E-state index contributed by atoms with van der Waals surface area (Å²) in [5, 5.41) is 8.43. The van der Waals surface area contributed by atoms with Gasteiger partial charge in [0.15, 0.2) is 0 Å². The minimum Gasteiger partial charge on any atom is -0.265 e. The van der Waals surface area contributed by atoms with Crippen molar-refractivity contribution in [3.05, 3.63) is 30.1 Å². The van der Waals surface area contributed by atoms with E-state index < -0.39 is 0 Å². The third-order valence-corrected chi connectivity index (χ3v) is 1.67. The average Bonchev–Trinajstić information content (AvgIpc) is 2.07. The Bertz CT molecular complexity index is 248. The number of nitriles is 1. The molecule has 0 amide bonds. The van der Waals surface area contributed by atoms with Crippen molar-refractivity contribution in [3.63, 3.8) is 0 Å². The molecule has 56 valence electrons. The molecule has 1 aromatic heterocycles. The first-order valence-corrected chi connectivity index (χ1v) is 3.61. The first-order chi connectivity index (χ1) is 5.34. The number of nitrogens with zero attached hydrogens (tertiary/aromatic N) is 2. The van der Waals surface area contributed by atoms with Crippen LogP contribution in [0.2, 0.25) is 0 Å². The highest BCUT2D eigenvalue weighted by Crippen LogP contribution is 2.16. The van der Waals surface area contributed by atoms with Crippen LogP contribution >= 0.6 is 0 Å². The topological polar surface area (TPSA) is 36.7 Å². The number of hydrogen-bond acceptors (Lipinski definition) is 2. The van der Waals surface area contributed by atoms with Crippen LogP contribution in [0.15, 0.2) is 24.5 Å². The molecule has 0 aliphatic carbocycles. The largest absolute Gasteiger partial charge is 0.265 e. The molecule has 0 radical (unpaired) electrons. The van der Waals surface area contributed by atoms with Crippen molar-refractivity contribution in [3.8, 4) is 6.07 Å². The predicted octanol–water partition coefficient (Wildman–Crippen LogP) is 2.10. The zero-order valence-corrected chi connectivity index (χ0v) is 6.49. The van der Waals surface area contributed by atoms with Crippen LogP contribution in [-0.2, 0) is 0 Å². The summed E-state index contributed by atoms with van der Waals surface area (Å²) in [7, 11) is 0. The van der Waals surface area contributed by atoms with Gasteiger partial charge < -0.3 is 0 Å². The Labute approximate surface area is 66.5 Å². The Morgan fingerprint density at radius 3 is 2.73 bits per heavy atom. The zero-order chi connectivity index (χ0) is 8.10. The van der Waals surface area contributed by atoms with Gasteiger partial charge in [-0.3, -0.25) is 4.98 Å². The summed E-state index contributed by atoms with van der Waals surface area (Å²) in [6.45, 7) is 2.04. The van der Waals surface area contributed by atoms with Gasteiger partial charge in [0, 0.05) is 18.8 Å². The highest BCUT2D eigenvalue weighted by Gasteiger charge is 2.02. The highest BCUT2D eigenvalue weighted by molar-refractivity contribution is 5.15. The van der Waals surface area contributed by atoms with E-state index in [4.69, 9.17) is 5.26 Å². The Morgan fingerprint density at radius 2 is 2.18 bits per heavy atom. The van der Waals surface area contributed by atoms with Gasteiger partial charge >= 0.3 is 0 Å². The van der Waals surface area contributed by atoms with Crippen molar-refractivity contribution < 1.29 is 0 Å². The lowest BCUT2D eigenvalue weighted by molar-refractivity contribution is 0.787. The van der Waals surface area contributed by atoms with Gasteiger partial charge in [0.1, 0.15) is 0 Å². The maximum absolute atomic E-state index is 8.43. The third-order valence-electron chi connectivity index (χ3n) is 1.67. The lowest BCUT2D eigenvalue weighted by atomic mass is 10.0. The van der Waals surface area contributed by atoms with Crippen molar-refractivity contribution in [1.29, 1.82) is 5.26 Å². The quantitative estimate of drug-likeness (QED) is 0.640. The minimum atomic E-state index is 0.322. The zero-order valence-electron chi connectivity index (χ0n) is 6.49. The van der Waals surface area contributed by atoms with E-state index in [1.54, 1.807) is 12.4 Å². The van der Waals surface area contributed by atoms with Crippen molar-refractivity contribution in [2.45, 2.75) is 19.3 Å². The molecule has 0 fully saturated rings. The summed E-state index contributed by atoms with van der Waals surface area (Å²) in [6, 6.07) is 6.04. The maximum atomic E-state index is 8.43. The monoisotopic (exact) mass is 146 g/mol. The van der Waals surface area contributed by atoms with E-state index in [0.717, 1.165) is 0 Å². The van der Waals surface area contributed by atoms with Crippen LogP contribution in [0.3, 0.4) is 0 Å². The SMILES string of the molecule is CC(CC#N)c1ccncc1. The van der Waals surface area contributed by atoms with Gasteiger partial charge in [0.25, 0.3) is 0 Å². The van der Waals surface area contributed by atoms with E-state index in [9.17, 15) is 0 Å². The van der Waals surface area contributed by atoms with Gasteiger partial charge in [-0.15, -0.1) is 0 Å². The van der Waals surface area contributed by atoms with E-state index in [2.05, 4.69) is 11.1 Å². The van der Waals surface area contributed by atoms with E-state index in [1.807, 2.05) is 19.1 Å². The van der Waals surface area contributed by atoms with Crippen molar-refractivity contribution in [1.82, 2.24) is 4.98 Å². The first-order valence-electron chi connectivity index (χ1n) is 3.61. The Hall–Kier alpha value is -1.36. The summed E-state index contributed by atoms with van der Waals surface area (Å²) < 4.78 is 0. The Balaban J connectivity index is 2.70. The second-order valence-electron chi connectivity index (χ2n) is 2.54. The van der Waals surface area contributed by atoms with Crippen molar-refractivity contribution >= 4 is 0 Å². The molecule has 1 aromatic rings. The number of rotatable bonds is 2. The second kappa shape index (κ2) is 3.72. The minimum absolute atomic E-state index is 0.322. The van der Waals surface area contributed by atoms with E-state index in [1.165, 1.54) is 5.56 Å². The summed E-state index contributed by atoms with van der Waals surface area (Å²) in [6.07, 6.45) is 4.08. The molecular weight excluding hydrogens is 136 g/mol. The number of aromatic nitrogens is 1. The van der Waals surface area contributed by atoms with Crippen LogP contribution in [0.25, 0.3) is 0 Å². The van der Waals surface area contributed by atoms with Gasteiger partial charge in [-0.2, -0.15) is 5.26 Å². The summed E-state index contributed by atoms with van der Waals surface area (Å²) in [4.78, 5) is 3.90. The Kier molecular flexibility index (Phi) is 2.62. The molecule has 0 bridgehead atoms. The van der Waals surface area contributed by atoms with Crippen molar-refractivity contribution in [2.75, 3.05) is 0 Å². The molecule has 1 rings (SSSR count). The first kappa shape index (κ1) is 7.74. The highest BCUT2D eigenvalue weighted by atomic mass is 14.6. The molecule has 0 saturated carbocycles. The summed E-state index contributed by atoms with van der Waals surface area (Å²) in [5.74, 6) is 0.322. The molecule has 2 nitrogen and oxygen atoms in total. The van der Waals surface area contributed by atoms with Gasteiger partial charge in [-0.25, -0.2) is 0 Å². The molecule has 0 spiro atoms. The molecule has 1 unspecified atom stereocenters. The molecule has 0 saturated heterocycles. The summed E-state index contributed by atoms with van der Waals surface area (Å²) >= 11 is 0. The van der Waals surface area contributed by atoms with Crippen LogP contribution in [0.1, 0.15) is 24.8 Å². The number of hydrogen-bond donors (Lipinski definition) is 0. The second-order valence-corrected chi connectivity index (χ2v) is 2.54. The maximum Gasteiger partial charge on any atom is 0.0628 e. The van der Waals surface area contributed by atoms with Gasteiger partial charge in [0.05, 0.1) is 6.07 Å². The molecule has 0 N–H and O–H groups in total. The fourth-order valence-corrected chi connectivity index (χ4v) is 0.947. The molecule has 0 aliphatic rings. The van der Waals surface area contributed by atoms with Crippen LogP contribution < -0.4 is 0 Å². The standard InChI is InChI=1S/C9H10N2/c1-8(2-5-10)9-3-6-11-7-4-9/h3-4,6-8H,2H2,1H3.